The highest BCUT2D eigenvalue weighted by molar-refractivity contribution is 7.97. The summed E-state index contributed by atoms with van der Waals surface area (Å²) in [6.45, 7) is 7.73. The van der Waals surface area contributed by atoms with Crippen molar-refractivity contribution in [3.8, 4) is 0 Å². The van der Waals surface area contributed by atoms with Gasteiger partial charge < -0.3 is 4.55 Å². The molecule has 0 radical (unpaired) electrons. The van der Waals surface area contributed by atoms with E-state index in [2.05, 4.69) is 6.92 Å². The first-order chi connectivity index (χ1) is 12.4. The molecule has 0 amide bonds. The first-order valence-corrected chi connectivity index (χ1v) is 13.3. The van der Waals surface area contributed by atoms with E-state index in [0.717, 1.165) is 25.0 Å². The molecule has 0 aromatic carbocycles. The fraction of sp³-hybridized carbons (Fsp3) is 0.900. The number of hydrogen-bond acceptors (Lipinski definition) is 5. The van der Waals surface area contributed by atoms with Gasteiger partial charge in [0.1, 0.15) is 26.9 Å². The number of unbranched alkanes of at least 4 members (excludes halogenated alkanes) is 1. The molecule has 1 saturated heterocycles. The Labute approximate surface area is 167 Å². The normalized spacial score (nSPS) is 32.4. The fourth-order valence-corrected chi connectivity index (χ4v) is 8.59. The van der Waals surface area contributed by atoms with E-state index in [-0.39, 0.29) is 17.1 Å². The van der Waals surface area contributed by atoms with Crippen LogP contribution in [-0.2, 0) is 30.6 Å². The number of ketones is 2. The third kappa shape index (κ3) is 4.61. The molecular weight excluding hydrogens is 384 g/mol. The van der Waals surface area contributed by atoms with Crippen molar-refractivity contribution in [2.75, 3.05) is 17.3 Å². The van der Waals surface area contributed by atoms with E-state index in [0.29, 0.717) is 29.5 Å². The summed E-state index contributed by atoms with van der Waals surface area (Å²) in [5.74, 6) is 3.42. The van der Waals surface area contributed by atoms with Crippen LogP contribution in [-0.4, -0.2) is 47.0 Å². The molecule has 0 spiro atoms. The van der Waals surface area contributed by atoms with E-state index < -0.39 is 20.8 Å². The van der Waals surface area contributed by atoms with E-state index in [1.807, 2.05) is 13.8 Å². The van der Waals surface area contributed by atoms with E-state index in [1.54, 1.807) is 6.92 Å². The van der Waals surface area contributed by atoms with Crippen molar-refractivity contribution in [1.82, 2.24) is 0 Å². The molecule has 3 atom stereocenters. The van der Waals surface area contributed by atoms with Crippen LogP contribution in [0.5, 0.6) is 0 Å². The molecule has 1 heterocycles. The van der Waals surface area contributed by atoms with Crippen LogP contribution in [0.15, 0.2) is 0 Å². The minimum absolute atomic E-state index is 0.294. The second kappa shape index (κ2) is 8.54. The summed E-state index contributed by atoms with van der Waals surface area (Å²) >= 11 is 0. The van der Waals surface area contributed by atoms with E-state index in [9.17, 15) is 22.6 Å². The molecule has 5 nitrogen and oxygen atoms in total. The minimum Gasteiger partial charge on any atom is -0.747 e. The molecular formula is C20H34O5S2. The van der Waals surface area contributed by atoms with Gasteiger partial charge in [-0.1, -0.05) is 34.1 Å². The van der Waals surface area contributed by atoms with Crippen molar-refractivity contribution in [1.29, 1.82) is 0 Å². The third-order valence-electron chi connectivity index (χ3n) is 7.07. The lowest BCUT2D eigenvalue weighted by Crippen LogP contribution is -2.38. The Kier molecular flexibility index (Phi) is 7.24. The summed E-state index contributed by atoms with van der Waals surface area (Å²) in [7, 11) is -4.00. The highest BCUT2D eigenvalue weighted by Crippen LogP contribution is 2.64. The first-order valence-electron chi connectivity index (χ1n) is 10.1. The number of rotatable bonds is 6. The van der Waals surface area contributed by atoms with Gasteiger partial charge >= 0.3 is 0 Å². The van der Waals surface area contributed by atoms with Crippen LogP contribution in [0.25, 0.3) is 0 Å². The lowest BCUT2D eigenvalue weighted by atomic mass is 9.70. The van der Waals surface area contributed by atoms with Gasteiger partial charge in [-0.15, -0.1) is 0 Å². The van der Waals surface area contributed by atoms with Crippen LogP contribution in [0, 0.1) is 16.7 Å². The standard InChI is InChI=1S/C10H16O4S.C10H19OS/c1-9(2)6-4-5-10(9,3)8(11)7(6)15(12,13)14;1-2-3-6-10(11)9-12-7-4-5-8-12/h6-7H,4-5H2,1-3H3,(H,12,13,14);2-9H2,1H3/q;+1/p-1. The van der Waals surface area contributed by atoms with Crippen LogP contribution < -0.4 is 0 Å². The molecule has 2 aliphatic carbocycles. The zero-order valence-electron chi connectivity index (χ0n) is 17.1. The van der Waals surface area contributed by atoms with Crippen LogP contribution in [0.1, 0.15) is 72.6 Å². The monoisotopic (exact) mass is 418 g/mol. The molecule has 3 unspecified atom stereocenters. The maximum absolute atomic E-state index is 12.0. The van der Waals surface area contributed by atoms with Crippen LogP contribution in [0.3, 0.4) is 0 Å². The lowest BCUT2D eigenvalue weighted by molar-refractivity contribution is -0.128. The predicted octanol–water partition coefficient (Wildman–Crippen LogP) is 3.08. The molecule has 156 valence electrons. The summed E-state index contributed by atoms with van der Waals surface area (Å²) in [4.78, 5) is 23.3. The molecule has 0 aromatic rings. The molecule has 2 bridgehead atoms. The van der Waals surface area contributed by atoms with Crippen molar-refractivity contribution in [3.05, 3.63) is 0 Å². The summed E-state index contributed by atoms with van der Waals surface area (Å²) in [6.07, 6.45) is 7.18. The Morgan fingerprint density at radius 2 is 1.81 bits per heavy atom. The van der Waals surface area contributed by atoms with Gasteiger partial charge in [0, 0.05) is 11.8 Å². The number of carbonyl (C=O) groups is 2. The van der Waals surface area contributed by atoms with Gasteiger partial charge in [0.15, 0.2) is 17.3 Å². The second-order valence-corrected chi connectivity index (χ2v) is 12.8. The lowest BCUT2D eigenvalue weighted by Gasteiger charge is -2.32. The fourth-order valence-electron chi connectivity index (χ4n) is 4.87. The Bertz CT molecular complexity index is 664. The Hall–Kier alpha value is -0.400. The largest absolute Gasteiger partial charge is 0.747 e. The highest BCUT2D eigenvalue weighted by Gasteiger charge is 2.67. The highest BCUT2D eigenvalue weighted by atomic mass is 32.2. The molecule has 1 aliphatic heterocycles. The van der Waals surface area contributed by atoms with Crippen molar-refractivity contribution < 1.29 is 22.6 Å². The van der Waals surface area contributed by atoms with E-state index >= 15 is 0 Å². The van der Waals surface area contributed by atoms with Gasteiger partial charge in [-0.3, -0.25) is 9.59 Å². The smallest absolute Gasteiger partial charge is 0.181 e. The summed E-state index contributed by atoms with van der Waals surface area (Å²) < 4.78 is 33.3. The number of fused-ring (bicyclic) bond motifs is 2. The summed E-state index contributed by atoms with van der Waals surface area (Å²) in [6, 6.07) is 0. The second-order valence-electron chi connectivity index (χ2n) is 8.99. The molecule has 2 saturated carbocycles. The minimum atomic E-state index is -4.49. The molecule has 3 aliphatic rings. The van der Waals surface area contributed by atoms with Gasteiger partial charge in [-0.05, 0) is 54.3 Å². The molecule has 27 heavy (non-hydrogen) atoms. The molecule has 3 fully saturated rings. The Balaban J connectivity index is 0.000000199. The SMILES string of the molecule is CC12CCC(C(S(=O)(=O)[O-])C1=O)C2(C)C.CCCCC(=O)C[S+]1CCCC1. The molecule has 0 aromatic heterocycles. The van der Waals surface area contributed by atoms with Crippen LogP contribution in [0.2, 0.25) is 0 Å². The zero-order valence-corrected chi connectivity index (χ0v) is 18.7. The van der Waals surface area contributed by atoms with Crippen molar-refractivity contribution in [2.24, 2.45) is 16.7 Å². The average molecular weight is 419 g/mol. The molecule has 7 heteroatoms. The Morgan fingerprint density at radius 1 is 1.22 bits per heavy atom. The quantitative estimate of drug-likeness (QED) is 0.488. The van der Waals surface area contributed by atoms with Crippen molar-refractivity contribution in [2.45, 2.75) is 77.9 Å². The maximum Gasteiger partial charge on any atom is 0.181 e. The van der Waals surface area contributed by atoms with E-state index in [4.69, 9.17) is 0 Å². The predicted molar refractivity (Wildman–Crippen MR) is 109 cm³/mol. The first kappa shape index (κ1) is 22.9. The summed E-state index contributed by atoms with van der Waals surface area (Å²) in [5, 5.41) is -1.30. The maximum atomic E-state index is 12.0. The van der Waals surface area contributed by atoms with Gasteiger partial charge in [0.05, 0.1) is 0 Å². The summed E-state index contributed by atoms with van der Waals surface area (Å²) in [5.41, 5.74) is -0.994. The van der Waals surface area contributed by atoms with Crippen LogP contribution in [0.4, 0.5) is 0 Å². The molecule has 3 rings (SSSR count). The Morgan fingerprint density at radius 3 is 2.22 bits per heavy atom. The third-order valence-corrected chi connectivity index (χ3v) is 10.7. The van der Waals surface area contributed by atoms with Gasteiger partial charge in [0.25, 0.3) is 0 Å². The van der Waals surface area contributed by atoms with Crippen LogP contribution >= 0.6 is 0 Å². The number of carbonyl (C=O) groups excluding carboxylic acids is 2. The number of Topliss-reactive ketones (excluding diaryl/α,β-unsaturated/α-hetero) is 2. The van der Waals surface area contributed by atoms with Crippen molar-refractivity contribution in [3.63, 3.8) is 0 Å². The van der Waals surface area contributed by atoms with Crippen molar-refractivity contribution >= 4 is 32.6 Å². The van der Waals surface area contributed by atoms with Gasteiger partial charge in [-0.25, -0.2) is 8.42 Å². The average Bonchev–Trinajstić information content (AvgIpc) is 3.18. The zero-order chi connectivity index (χ0) is 20.5. The van der Waals surface area contributed by atoms with Gasteiger partial charge in [0.2, 0.25) is 0 Å². The number of hydrogen-bond donors (Lipinski definition) is 0. The van der Waals surface area contributed by atoms with Gasteiger partial charge in [-0.2, -0.15) is 0 Å². The topological polar surface area (TPSA) is 91.3 Å². The van der Waals surface area contributed by atoms with E-state index in [1.165, 1.54) is 24.3 Å². The molecule has 0 N–H and O–H groups in total.